The van der Waals surface area contributed by atoms with Crippen LogP contribution >= 0.6 is 0 Å². The smallest absolute Gasteiger partial charge is 0.208 e. The number of nitrogens with zero attached hydrogens (tertiary/aromatic N) is 1. The van der Waals surface area contributed by atoms with E-state index in [1.165, 1.54) is 6.26 Å². The largest absolute Gasteiger partial charge is 0.381 e. The third-order valence-electron chi connectivity index (χ3n) is 5.49. The van der Waals surface area contributed by atoms with Gasteiger partial charge in [-0.1, -0.05) is 0 Å². The predicted octanol–water partition coefficient (Wildman–Crippen LogP) is 0.586. The van der Waals surface area contributed by atoms with Crippen molar-refractivity contribution >= 4 is 10.0 Å². The Morgan fingerprint density at radius 3 is 2.73 bits per heavy atom. The van der Waals surface area contributed by atoms with Gasteiger partial charge in [0.2, 0.25) is 10.0 Å². The topological polar surface area (TPSA) is 67.9 Å². The number of piperidine rings is 1. The van der Waals surface area contributed by atoms with Crippen LogP contribution in [0.1, 0.15) is 32.1 Å². The number of ether oxygens (including phenoxy) is 2. The SMILES string of the molecule is CS(=O)(=O)NCC[C@@]12CCO[C@@H]1CCN(C1CCOCC1)C2. The average molecular weight is 332 g/mol. The molecule has 3 aliphatic rings. The van der Waals surface area contributed by atoms with Crippen molar-refractivity contribution < 1.29 is 17.9 Å². The fourth-order valence-electron chi connectivity index (χ4n) is 4.29. The van der Waals surface area contributed by atoms with Crippen molar-refractivity contribution in [3.8, 4) is 0 Å². The maximum absolute atomic E-state index is 11.3. The van der Waals surface area contributed by atoms with E-state index in [4.69, 9.17) is 9.47 Å². The van der Waals surface area contributed by atoms with Gasteiger partial charge >= 0.3 is 0 Å². The van der Waals surface area contributed by atoms with Gasteiger partial charge in [0, 0.05) is 50.9 Å². The second-order valence-corrected chi connectivity index (χ2v) is 8.82. The van der Waals surface area contributed by atoms with Crippen LogP contribution in [0.25, 0.3) is 0 Å². The van der Waals surface area contributed by atoms with Crippen molar-refractivity contribution in [2.75, 3.05) is 45.7 Å². The quantitative estimate of drug-likeness (QED) is 0.798. The zero-order valence-electron chi connectivity index (χ0n) is 13.4. The normalized spacial score (nSPS) is 34.7. The molecule has 0 aromatic heterocycles. The van der Waals surface area contributed by atoms with Crippen LogP contribution < -0.4 is 4.72 Å². The summed E-state index contributed by atoms with van der Waals surface area (Å²) < 4.78 is 36.7. The van der Waals surface area contributed by atoms with Crippen LogP contribution in [-0.4, -0.2) is 71.2 Å². The first-order valence-electron chi connectivity index (χ1n) is 8.37. The summed E-state index contributed by atoms with van der Waals surface area (Å²) in [5.74, 6) is 0. The Morgan fingerprint density at radius 1 is 1.23 bits per heavy atom. The van der Waals surface area contributed by atoms with Crippen LogP contribution in [0.2, 0.25) is 0 Å². The highest BCUT2D eigenvalue weighted by Gasteiger charge is 2.48. The van der Waals surface area contributed by atoms with E-state index in [9.17, 15) is 8.42 Å². The second-order valence-electron chi connectivity index (χ2n) is 6.99. The Balaban J connectivity index is 1.63. The van der Waals surface area contributed by atoms with Crippen molar-refractivity contribution in [2.24, 2.45) is 5.41 Å². The summed E-state index contributed by atoms with van der Waals surface area (Å²) in [7, 11) is -3.11. The van der Waals surface area contributed by atoms with E-state index in [-0.39, 0.29) is 5.41 Å². The molecule has 3 heterocycles. The molecular weight excluding hydrogens is 304 g/mol. The summed E-state index contributed by atoms with van der Waals surface area (Å²) in [4.78, 5) is 2.61. The standard InChI is InChI=1S/C15H28N2O4S/c1-22(18,19)16-7-5-15-6-11-21-14(15)2-8-17(12-15)13-3-9-20-10-4-13/h13-14,16H,2-12H2,1H3/t14-,15+/m1/s1. The molecule has 3 rings (SSSR count). The zero-order chi connectivity index (χ0) is 15.6. The second kappa shape index (κ2) is 6.73. The van der Waals surface area contributed by atoms with Gasteiger partial charge < -0.3 is 9.47 Å². The maximum Gasteiger partial charge on any atom is 0.208 e. The molecule has 0 aromatic carbocycles. The number of likely N-dealkylation sites (tertiary alicyclic amines) is 1. The van der Waals surface area contributed by atoms with Gasteiger partial charge in [0.1, 0.15) is 0 Å². The van der Waals surface area contributed by atoms with Crippen molar-refractivity contribution in [1.29, 1.82) is 0 Å². The molecule has 1 N–H and O–H groups in total. The molecule has 3 aliphatic heterocycles. The monoisotopic (exact) mass is 332 g/mol. The molecule has 0 aromatic rings. The molecule has 0 saturated carbocycles. The molecule has 0 aliphatic carbocycles. The highest BCUT2D eigenvalue weighted by molar-refractivity contribution is 7.88. The van der Waals surface area contributed by atoms with Gasteiger partial charge in [-0.05, 0) is 32.1 Å². The molecule has 0 bridgehead atoms. The summed E-state index contributed by atoms with van der Waals surface area (Å²) in [6.07, 6.45) is 6.73. The molecule has 128 valence electrons. The van der Waals surface area contributed by atoms with Gasteiger partial charge in [0.15, 0.2) is 0 Å². The molecule has 7 heteroatoms. The zero-order valence-corrected chi connectivity index (χ0v) is 14.2. The summed E-state index contributed by atoms with van der Waals surface area (Å²) in [5.41, 5.74) is 0.119. The van der Waals surface area contributed by atoms with Gasteiger partial charge in [-0.3, -0.25) is 4.90 Å². The lowest BCUT2D eigenvalue weighted by Crippen LogP contribution is -2.54. The molecule has 22 heavy (non-hydrogen) atoms. The molecule has 0 radical (unpaired) electrons. The van der Waals surface area contributed by atoms with Gasteiger partial charge in [0.05, 0.1) is 12.4 Å². The first-order valence-corrected chi connectivity index (χ1v) is 10.3. The number of hydrogen-bond acceptors (Lipinski definition) is 5. The van der Waals surface area contributed by atoms with E-state index in [1.54, 1.807) is 0 Å². The highest BCUT2D eigenvalue weighted by atomic mass is 32.2. The van der Waals surface area contributed by atoms with Crippen molar-refractivity contribution in [3.63, 3.8) is 0 Å². The molecule has 0 amide bonds. The fourth-order valence-corrected chi connectivity index (χ4v) is 4.76. The van der Waals surface area contributed by atoms with Crippen LogP contribution in [0, 0.1) is 5.41 Å². The number of nitrogens with one attached hydrogen (secondary N) is 1. The Hall–Kier alpha value is -0.210. The van der Waals surface area contributed by atoms with Crippen LogP contribution in [0.4, 0.5) is 0 Å². The summed E-state index contributed by atoms with van der Waals surface area (Å²) >= 11 is 0. The van der Waals surface area contributed by atoms with E-state index in [2.05, 4.69) is 9.62 Å². The lowest BCUT2D eigenvalue weighted by atomic mass is 9.73. The third-order valence-corrected chi connectivity index (χ3v) is 6.22. The molecule has 0 unspecified atom stereocenters. The molecular formula is C15H28N2O4S. The first-order chi connectivity index (χ1) is 10.5. The van der Waals surface area contributed by atoms with E-state index in [0.717, 1.165) is 65.0 Å². The predicted molar refractivity (Wildman–Crippen MR) is 84.3 cm³/mol. The average Bonchev–Trinajstić information content (AvgIpc) is 2.89. The van der Waals surface area contributed by atoms with Gasteiger partial charge in [-0.15, -0.1) is 0 Å². The van der Waals surface area contributed by atoms with Crippen molar-refractivity contribution in [1.82, 2.24) is 9.62 Å². The lowest BCUT2D eigenvalue weighted by molar-refractivity contribution is -0.0527. The first kappa shape index (κ1) is 16.6. The van der Waals surface area contributed by atoms with Crippen LogP contribution in [-0.2, 0) is 19.5 Å². The number of hydrogen-bond donors (Lipinski definition) is 1. The lowest BCUT2D eigenvalue weighted by Gasteiger charge is -2.47. The van der Waals surface area contributed by atoms with E-state index < -0.39 is 10.0 Å². The van der Waals surface area contributed by atoms with E-state index in [0.29, 0.717) is 18.7 Å². The van der Waals surface area contributed by atoms with Crippen LogP contribution in [0.5, 0.6) is 0 Å². The minimum absolute atomic E-state index is 0.119. The maximum atomic E-state index is 11.3. The molecule has 2 atom stereocenters. The summed E-state index contributed by atoms with van der Waals surface area (Å²) in [5, 5.41) is 0. The Bertz CT molecular complexity index is 478. The fraction of sp³-hybridized carbons (Fsp3) is 1.00. The molecule has 6 nitrogen and oxygen atoms in total. The Morgan fingerprint density at radius 2 is 2.00 bits per heavy atom. The van der Waals surface area contributed by atoms with Gasteiger partial charge in [-0.25, -0.2) is 13.1 Å². The van der Waals surface area contributed by atoms with E-state index in [1.807, 2.05) is 0 Å². The number of rotatable bonds is 5. The number of fused-ring (bicyclic) bond motifs is 1. The van der Waals surface area contributed by atoms with Gasteiger partial charge in [0.25, 0.3) is 0 Å². The molecule has 0 spiro atoms. The molecule has 3 saturated heterocycles. The van der Waals surface area contributed by atoms with Crippen LogP contribution in [0.3, 0.4) is 0 Å². The minimum atomic E-state index is -3.11. The highest BCUT2D eigenvalue weighted by Crippen LogP contribution is 2.44. The Kier molecular flexibility index (Phi) is 5.09. The number of sulfonamides is 1. The summed E-state index contributed by atoms with van der Waals surface area (Å²) in [6.45, 7) is 5.18. The molecule has 3 fully saturated rings. The van der Waals surface area contributed by atoms with Crippen molar-refractivity contribution in [3.05, 3.63) is 0 Å². The van der Waals surface area contributed by atoms with E-state index >= 15 is 0 Å². The van der Waals surface area contributed by atoms with Gasteiger partial charge in [-0.2, -0.15) is 0 Å². The third kappa shape index (κ3) is 3.82. The van der Waals surface area contributed by atoms with Crippen LogP contribution in [0.15, 0.2) is 0 Å². The summed E-state index contributed by atoms with van der Waals surface area (Å²) in [6, 6.07) is 0.620. The Labute approximate surface area is 133 Å². The minimum Gasteiger partial charge on any atom is -0.381 e. The van der Waals surface area contributed by atoms with Crippen molar-refractivity contribution in [2.45, 2.75) is 44.2 Å².